The van der Waals surface area contributed by atoms with E-state index in [1.807, 2.05) is 6.07 Å². The first kappa shape index (κ1) is 15.8. The highest BCUT2D eigenvalue weighted by atomic mass is 35.5. The molecule has 5 nitrogen and oxygen atoms in total. The molecule has 118 valence electrons. The lowest BCUT2D eigenvalue weighted by molar-refractivity contribution is -0.128. The van der Waals surface area contributed by atoms with Crippen LogP contribution in [0.25, 0.3) is 0 Å². The van der Waals surface area contributed by atoms with E-state index in [1.165, 1.54) is 11.8 Å². The van der Waals surface area contributed by atoms with Crippen molar-refractivity contribution in [3.8, 4) is 0 Å². The van der Waals surface area contributed by atoms with Crippen LogP contribution in [0.5, 0.6) is 0 Å². The molecule has 3 rings (SSSR count). The summed E-state index contributed by atoms with van der Waals surface area (Å²) in [5, 5.41) is 0.968. The van der Waals surface area contributed by atoms with Crippen molar-refractivity contribution >= 4 is 47.0 Å². The number of ether oxygens (including phenoxy) is 1. The summed E-state index contributed by atoms with van der Waals surface area (Å²) in [4.78, 5) is 27.0. The predicted octanol–water partition coefficient (Wildman–Crippen LogP) is 3.02. The van der Waals surface area contributed by atoms with E-state index in [1.54, 1.807) is 21.9 Å². The van der Waals surface area contributed by atoms with E-state index in [0.717, 1.165) is 5.56 Å². The summed E-state index contributed by atoms with van der Waals surface area (Å²) in [7, 11) is 0. The van der Waals surface area contributed by atoms with Gasteiger partial charge in [-0.25, -0.2) is 4.79 Å². The number of carbonyl (C=O) groups is 2. The van der Waals surface area contributed by atoms with Gasteiger partial charge in [-0.2, -0.15) is 0 Å². The molecule has 1 atom stereocenters. The number of amides is 2. The number of thioether (sulfide) groups is 1. The van der Waals surface area contributed by atoms with Crippen LogP contribution in [0.4, 0.5) is 4.79 Å². The maximum Gasteiger partial charge on any atom is 0.409 e. The average molecular weight is 361 g/mol. The normalized spacial score (nSPS) is 21.6. The Balaban J connectivity index is 1.73. The van der Waals surface area contributed by atoms with Crippen LogP contribution in [-0.4, -0.2) is 53.8 Å². The largest absolute Gasteiger partial charge is 0.448 e. The maximum atomic E-state index is 12.1. The fourth-order valence-electron chi connectivity index (χ4n) is 2.51. The average Bonchev–Trinajstić information content (AvgIpc) is 3.03. The van der Waals surface area contributed by atoms with Crippen molar-refractivity contribution in [2.45, 2.75) is 5.37 Å². The monoisotopic (exact) mass is 360 g/mol. The molecule has 2 heterocycles. The van der Waals surface area contributed by atoms with Crippen LogP contribution >= 0.6 is 35.0 Å². The second-order valence-electron chi connectivity index (χ2n) is 5.02. The molecule has 0 aromatic heterocycles. The molecular formula is C14H14Cl2N2O3S. The SMILES string of the molecule is O=C1OCCN1CCN1C(=O)CSC1c1ccc(Cl)cc1Cl. The summed E-state index contributed by atoms with van der Waals surface area (Å²) in [6.45, 7) is 1.91. The van der Waals surface area contributed by atoms with Crippen molar-refractivity contribution in [2.24, 2.45) is 0 Å². The zero-order valence-corrected chi connectivity index (χ0v) is 14.0. The number of carbonyl (C=O) groups excluding carboxylic acids is 2. The van der Waals surface area contributed by atoms with Crippen LogP contribution in [0, 0.1) is 0 Å². The Hall–Kier alpha value is -1.11. The molecule has 0 bridgehead atoms. The number of rotatable bonds is 4. The summed E-state index contributed by atoms with van der Waals surface area (Å²) in [6.07, 6.45) is -0.319. The zero-order valence-electron chi connectivity index (χ0n) is 11.6. The van der Waals surface area contributed by atoms with Crippen molar-refractivity contribution in [2.75, 3.05) is 32.0 Å². The minimum Gasteiger partial charge on any atom is -0.448 e. The van der Waals surface area contributed by atoms with Gasteiger partial charge in [0.15, 0.2) is 0 Å². The van der Waals surface area contributed by atoms with Crippen molar-refractivity contribution < 1.29 is 14.3 Å². The summed E-state index contributed by atoms with van der Waals surface area (Å²) >= 11 is 13.7. The molecule has 0 saturated carbocycles. The van der Waals surface area contributed by atoms with Gasteiger partial charge < -0.3 is 14.5 Å². The highest BCUT2D eigenvalue weighted by Crippen LogP contribution is 2.41. The Morgan fingerprint density at radius 1 is 1.27 bits per heavy atom. The smallest absolute Gasteiger partial charge is 0.409 e. The molecule has 2 aliphatic heterocycles. The molecule has 22 heavy (non-hydrogen) atoms. The molecule has 0 radical (unpaired) electrons. The van der Waals surface area contributed by atoms with E-state index in [9.17, 15) is 9.59 Å². The highest BCUT2D eigenvalue weighted by Gasteiger charge is 2.34. The maximum absolute atomic E-state index is 12.1. The molecule has 0 aliphatic carbocycles. The topological polar surface area (TPSA) is 49.9 Å². The molecular weight excluding hydrogens is 347 g/mol. The summed E-state index contributed by atoms with van der Waals surface area (Å²) in [5.41, 5.74) is 0.867. The Morgan fingerprint density at radius 3 is 2.77 bits per heavy atom. The number of hydrogen-bond donors (Lipinski definition) is 0. The van der Waals surface area contributed by atoms with Crippen LogP contribution < -0.4 is 0 Å². The predicted molar refractivity (Wildman–Crippen MR) is 86.3 cm³/mol. The van der Waals surface area contributed by atoms with E-state index in [0.29, 0.717) is 42.0 Å². The van der Waals surface area contributed by atoms with Gasteiger partial charge in [0.2, 0.25) is 5.91 Å². The third kappa shape index (κ3) is 3.14. The lowest BCUT2D eigenvalue weighted by Gasteiger charge is -2.26. The molecule has 1 aromatic carbocycles. The fourth-order valence-corrected chi connectivity index (χ4v) is 4.34. The number of cyclic esters (lactones) is 1. The van der Waals surface area contributed by atoms with Crippen molar-refractivity contribution in [3.05, 3.63) is 33.8 Å². The van der Waals surface area contributed by atoms with Gasteiger partial charge in [-0.15, -0.1) is 11.8 Å². The Labute approximate surface area is 142 Å². The van der Waals surface area contributed by atoms with Gasteiger partial charge in [-0.1, -0.05) is 29.3 Å². The van der Waals surface area contributed by atoms with E-state index in [2.05, 4.69) is 0 Å². The Bertz CT molecular complexity index is 614. The van der Waals surface area contributed by atoms with Gasteiger partial charge in [0.1, 0.15) is 12.0 Å². The molecule has 0 N–H and O–H groups in total. The van der Waals surface area contributed by atoms with Gasteiger partial charge in [0.05, 0.1) is 12.3 Å². The lowest BCUT2D eigenvalue weighted by atomic mass is 10.2. The second-order valence-corrected chi connectivity index (χ2v) is 6.93. The van der Waals surface area contributed by atoms with Crippen molar-refractivity contribution in [1.82, 2.24) is 9.80 Å². The van der Waals surface area contributed by atoms with Crippen LogP contribution in [0.15, 0.2) is 18.2 Å². The number of hydrogen-bond acceptors (Lipinski definition) is 4. The van der Waals surface area contributed by atoms with Gasteiger partial charge in [0.25, 0.3) is 0 Å². The molecule has 2 saturated heterocycles. The molecule has 2 aliphatic rings. The van der Waals surface area contributed by atoms with E-state index >= 15 is 0 Å². The first-order valence-electron chi connectivity index (χ1n) is 6.84. The summed E-state index contributed by atoms with van der Waals surface area (Å²) in [6, 6.07) is 5.29. The molecule has 2 amide bonds. The molecule has 0 spiro atoms. The second kappa shape index (κ2) is 6.56. The van der Waals surface area contributed by atoms with Crippen molar-refractivity contribution in [3.63, 3.8) is 0 Å². The van der Waals surface area contributed by atoms with Crippen LogP contribution in [0.1, 0.15) is 10.9 Å². The summed E-state index contributed by atoms with van der Waals surface area (Å²) < 4.78 is 4.89. The van der Waals surface area contributed by atoms with E-state index in [4.69, 9.17) is 27.9 Å². The third-order valence-electron chi connectivity index (χ3n) is 3.65. The molecule has 1 aromatic rings. The first-order valence-corrected chi connectivity index (χ1v) is 8.64. The van der Waals surface area contributed by atoms with Gasteiger partial charge in [-0.3, -0.25) is 4.79 Å². The highest BCUT2D eigenvalue weighted by molar-refractivity contribution is 8.00. The Kier molecular flexibility index (Phi) is 4.70. The van der Waals surface area contributed by atoms with Crippen LogP contribution in [-0.2, 0) is 9.53 Å². The minimum absolute atomic E-state index is 0.0496. The number of nitrogens with zero attached hydrogens (tertiary/aromatic N) is 2. The van der Waals surface area contributed by atoms with Gasteiger partial charge in [0, 0.05) is 28.7 Å². The van der Waals surface area contributed by atoms with Crippen molar-refractivity contribution in [1.29, 1.82) is 0 Å². The third-order valence-corrected chi connectivity index (χ3v) is 5.45. The Morgan fingerprint density at radius 2 is 2.09 bits per heavy atom. The molecule has 1 unspecified atom stereocenters. The zero-order chi connectivity index (χ0) is 15.7. The van der Waals surface area contributed by atoms with Gasteiger partial charge >= 0.3 is 6.09 Å². The number of halogens is 2. The van der Waals surface area contributed by atoms with Gasteiger partial charge in [-0.05, 0) is 12.1 Å². The standard InChI is InChI=1S/C14H14Cl2N2O3S/c15-9-1-2-10(11(16)7-9)13-18(12(19)8-22-13)4-3-17-5-6-21-14(17)20/h1-2,7,13H,3-6,8H2. The summed E-state index contributed by atoms with van der Waals surface area (Å²) in [5.74, 6) is 0.460. The molecule has 8 heteroatoms. The minimum atomic E-state index is -0.319. The lowest BCUT2D eigenvalue weighted by Crippen LogP contribution is -2.37. The van der Waals surface area contributed by atoms with E-state index in [-0.39, 0.29) is 17.4 Å². The number of benzene rings is 1. The van der Waals surface area contributed by atoms with E-state index < -0.39 is 0 Å². The first-order chi connectivity index (χ1) is 10.6. The molecule has 2 fully saturated rings. The fraction of sp³-hybridized carbons (Fsp3) is 0.429. The van der Waals surface area contributed by atoms with Crippen LogP contribution in [0.3, 0.4) is 0 Å². The van der Waals surface area contributed by atoms with Crippen LogP contribution in [0.2, 0.25) is 10.0 Å². The quantitative estimate of drug-likeness (QED) is 0.827.